The van der Waals surface area contributed by atoms with Crippen LogP contribution in [-0.4, -0.2) is 36.7 Å². The van der Waals surface area contributed by atoms with Crippen LogP contribution in [0.2, 0.25) is 10.0 Å². The largest absolute Gasteiger partial charge is 0.484 e. The highest BCUT2D eigenvalue weighted by molar-refractivity contribution is 6.35. The number of amides is 1. The fourth-order valence-corrected chi connectivity index (χ4v) is 3.90. The van der Waals surface area contributed by atoms with Crippen LogP contribution in [0, 0.1) is 0 Å². The first kappa shape index (κ1) is 22.9. The highest BCUT2D eigenvalue weighted by Gasteiger charge is 2.24. The standard InChI is InChI=1S/C24H29Cl2NO3/c1-24(2,3)18-7-10-20(11-8-18)30-16-23(28)27(15-21-5-4-12-29-21)14-17-6-9-19(25)13-22(17)26/h6-11,13,21H,4-5,12,14-16H2,1-3H3. The predicted octanol–water partition coefficient (Wildman–Crippen LogP) is 5.88. The molecule has 1 aliphatic heterocycles. The fourth-order valence-electron chi connectivity index (χ4n) is 3.43. The highest BCUT2D eigenvalue weighted by Crippen LogP contribution is 2.25. The molecule has 1 saturated heterocycles. The minimum absolute atomic E-state index is 0.0349. The first-order chi connectivity index (χ1) is 14.2. The third kappa shape index (κ3) is 6.37. The molecule has 2 aromatic carbocycles. The number of carbonyl (C=O) groups is 1. The summed E-state index contributed by atoms with van der Waals surface area (Å²) >= 11 is 12.3. The maximum Gasteiger partial charge on any atom is 0.260 e. The number of nitrogens with zero attached hydrogens (tertiary/aromatic N) is 1. The molecule has 162 valence electrons. The molecule has 30 heavy (non-hydrogen) atoms. The molecule has 0 saturated carbocycles. The van der Waals surface area contributed by atoms with Crippen LogP contribution >= 0.6 is 23.2 Å². The van der Waals surface area contributed by atoms with Crippen molar-refractivity contribution in [2.45, 2.75) is 51.7 Å². The van der Waals surface area contributed by atoms with Gasteiger partial charge >= 0.3 is 0 Å². The Morgan fingerprint density at radius 2 is 1.90 bits per heavy atom. The second-order valence-electron chi connectivity index (χ2n) is 8.71. The van der Waals surface area contributed by atoms with E-state index in [0.29, 0.717) is 28.9 Å². The normalized spacial score (nSPS) is 16.5. The highest BCUT2D eigenvalue weighted by atomic mass is 35.5. The van der Waals surface area contributed by atoms with Crippen molar-refractivity contribution in [2.24, 2.45) is 0 Å². The van der Waals surface area contributed by atoms with Crippen molar-refractivity contribution >= 4 is 29.1 Å². The molecular weight excluding hydrogens is 421 g/mol. The lowest BCUT2D eigenvalue weighted by Crippen LogP contribution is -2.39. The second-order valence-corrected chi connectivity index (χ2v) is 9.55. The number of hydrogen-bond acceptors (Lipinski definition) is 3. The van der Waals surface area contributed by atoms with E-state index in [-0.39, 0.29) is 24.0 Å². The average Bonchev–Trinajstić information content (AvgIpc) is 3.20. The van der Waals surface area contributed by atoms with Gasteiger partial charge in [0.15, 0.2) is 6.61 Å². The summed E-state index contributed by atoms with van der Waals surface area (Å²) in [5.41, 5.74) is 2.14. The Morgan fingerprint density at radius 3 is 2.50 bits per heavy atom. The first-order valence-electron chi connectivity index (χ1n) is 10.3. The second kappa shape index (κ2) is 10.0. The van der Waals surface area contributed by atoms with Crippen LogP contribution in [0.15, 0.2) is 42.5 Å². The molecule has 3 rings (SSSR count). The van der Waals surface area contributed by atoms with Gasteiger partial charge in [-0.2, -0.15) is 0 Å². The van der Waals surface area contributed by atoms with Gasteiger partial charge in [-0.3, -0.25) is 4.79 Å². The molecule has 1 fully saturated rings. The number of ether oxygens (including phenoxy) is 2. The van der Waals surface area contributed by atoms with Gasteiger partial charge in [0.1, 0.15) is 5.75 Å². The predicted molar refractivity (Wildman–Crippen MR) is 121 cm³/mol. The quantitative estimate of drug-likeness (QED) is 0.529. The maximum atomic E-state index is 13.0. The topological polar surface area (TPSA) is 38.8 Å². The van der Waals surface area contributed by atoms with Gasteiger partial charge in [0, 0.05) is 29.7 Å². The van der Waals surface area contributed by atoms with E-state index in [2.05, 4.69) is 20.8 Å². The third-order valence-corrected chi connectivity index (χ3v) is 5.85. The number of rotatable bonds is 7. The van der Waals surface area contributed by atoms with E-state index in [4.69, 9.17) is 32.7 Å². The zero-order chi connectivity index (χ0) is 21.7. The van der Waals surface area contributed by atoms with Gasteiger partial charge in [-0.05, 0) is 53.6 Å². The summed E-state index contributed by atoms with van der Waals surface area (Å²) in [6, 6.07) is 13.2. The van der Waals surface area contributed by atoms with Gasteiger partial charge in [0.05, 0.1) is 6.10 Å². The summed E-state index contributed by atoms with van der Waals surface area (Å²) in [5.74, 6) is 0.578. The zero-order valence-corrected chi connectivity index (χ0v) is 19.3. The average molecular weight is 450 g/mol. The molecule has 0 spiro atoms. The van der Waals surface area contributed by atoms with Crippen LogP contribution in [0.4, 0.5) is 0 Å². The van der Waals surface area contributed by atoms with Crippen molar-refractivity contribution in [3.8, 4) is 5.75 Å². The molecular formula is C24H29Cl2NO3. The van der Waals surface area contributed by atoms with Gasteiger partial charge in [0.25, 0.3) is 5.91 Å². The molecule has 2 aromatic rings. The smallest absolute Gasteiger partial charge is 0.260 e. The molecule has 1 amide bonds. The molecule has 0 aliphatic carbocycles. The number of benzene rings is 2. The van der Waals surface area contributed by atoms with Gasteiger partial charge < -0.3 is 14.4 Å². The monoisotopic (exact) mass is 449 g/mol. The Hall–Kier alpha value is -1.75. The van der Waals surface area contributed by atoms with Crippen LogP contribution in [-0.2, 0) is 21.5 Å². The number of halogens is 2. The van der Waals surface area contributed by atoms with Crippen molar-refractivity contribution in [3.63, 3.8) is 0 Å². The first-order valence-corrected chi connectivity index (χ1v) is 11.0. The van der Waals surface area contributed by atoms with E-state index in [1.165, 1.54) is 5.56 Å². The van der Waals surface area contributed by atoms with E-state index in [9.17, 15) is 4.79 Å². The number of carbonyl (C=O) groups excluding carboxylic acids is 1. The van der Waals surface area contributed by atoms with Crippen molar-refractivity contribution < 1.29 is 14.3 Å². The van der Waals surface area contributed by atoms with E-state index in [1.54, 1.807) is 17.0 Å². The molecule has 0 bridgehead atoms. The van der Waals surface area contributed by atoms with Crippen LogP contribution in [0.1, 0.15) is 44.7 Å². The molecule has 0 aromatic heterocycles. The summed E-state index contributed by atoms with van der Waals surface area (Å²) in [7, 11) is 0. The van der Waals surface area contributed by atoms with Crippen molar-refractivity contribution in [2.75, 3.05) is 19.8 Å². The lowest BCUT2D eigenvalue weighted by molar-refractivity contribution is -0.135. The number of hydrogen-bond donors (Lipinski definition) is 0. The van der Waals surface area contributed by atoms with E-state index < -0.39 is 0 Å². The molecule has 1 heterocycles. The Kier molecular flexibility index (Phi) is 7.67. The van der Waals surface area contributed by atoms with Crippen LogP contribution in [0.3, 0.4) is 0 Å². The summed E-state index contributed by atoms with van der Waals surface area (Å²) in [6.07, 6.45) is 2.02. The summed E-state index contributed by atoms with van der Waals surface area (Å²) in [5, 5.41) is 1.12. The summed E-state index contributed by atoms with van der Waals surface area (Å²) in [6.45, 7) is 8.11. The third-order valence-electron chi connectivity index (χ3n) is 5.26. The van der Waals surface area contributed by atoms with Gasteiger partial charge in [-0.15, -0.1) is 0 Å². The van der Waals surface area contributed by atoms with Gasteiger partial charge in [0.2, 0.25) is 0 Å². The molecule has 6 heteroatoms. The van der Waals surface area contributed by atoms with E-state index >= 15 is 0 Å². The van der Waals surface area contributed by atoms with Crippen molar-refractivity contribution in [1.82, 2.24) is 4.90 Å². The molecule has 1 atom stereocenters. The fraction of sp³-hybridized carbons (Fsp3) is 0.458. The minimum Gasteiger partial charge on any atom is -0.484 e. The van der Waals surface area contributed by atoms with Gasteiger partial charge in [-0.25, -0.2) is 0 Å². The summed E-state index contributed by atoms with van der Waals surface area (Å²) in [4.78, 5) is 14.7. The Morgan fingerprint density at radius 1 is 1.17 bits per heavy atom. The lowest BCUT2D eigenvalue weighted by Gasteiger charge is -2.26. The molecule has 1 unspecified atom stereocenters. The van der Waals surface area contributed by atoms with E-state index in [0.717, 1.165) is 25.0 Å². The zero-order valence-electron chi connectivity index (χ0n) is 17.8. The Bertz CT molecular complexity index is 856. The van der Waals surface area contributed by atoms with Gasteiger partial charge in [-0.1, -0.05) is 62.2 Å². The lowest BCUT2D eigenvalue weighted by atomic mass is 9.87. The van der Waals surface area contributed by atoms with Crippen LogP contribution < -0.4 is 4.74 Å². The molecule has 4 nitrogen and oxygen atoms in total. The Balaban J connectivity index is 1.66. The minimum atomic E-state index is -0.101. The SMILES string of the molecule is CC(C)(C)c1ccc(OCC(=O)N(Cc2ccc(Cl)cc2Cl)CC2CCCO2)cc1. The van der Waals surface area contributed by atoms with E-state index in [1.807, 2.05) is 30.3 Å². The Labute approximate surface area is 189 Å². The molecule has 1 aliphatic rings. The molecule has 0 N–H and O–H groups in total. The van der Waals surface area contributed by atoms with Crippen molar-refractivity contribution in [1.29, 1.82) is 0 Å². The molecule has 0 radical (unpaired) electrons. The summed E-state index contributed by atoms with van der Waals surface area (Å²) < 4.78 is 11.5. The maximum absolute atomic E-state index is 13.0. The van der Waals surface area contributed by atoms with Crippen LogP contribution in [0.25, 0.3) is 0 Å². The van der Waals surface area contributed by atoms with Crippen LogP contribution in [0.5, 0.6) is 5.75 Å². The van der Waals surface area contributed by atoms with Crippen molar-refractivity contribution in [3.05, 3.63) is 63.6 Å².